The predicted octanol–water partition coefficient (Wildman–Crippen LogP) is 1.63. The molecule has 0 amide bonds. The first-order chi connectivity index (χ1) is 15.7. The van der Waals surface area contributed by atoms with Crippen LogP contribution in [0.3, 0.4) is 0 Å². The fourth-order valence-electron chi connectivity index (χ4n) is 2.87. The second-order valence-corrected chi connectivity index (χ2v) is 9.15. The number of nitrogens with zero attached hydrogens (tertiary/aromatic N) is 1. The fourth-order valence-corrected chi connectivity index (χ4v) is 3.94. The van der Waals surface area contributed by atoms with Crippen LogP contribution < -0.4 is 15.4 Å². The molecule has 0 aromatic heterocycles. The smallest absolute Gasteiger partial charge is 0.414 e. The molecule has 0 saturated heterocycles. The number of hydrogen-bond donors (Lipinski definition) is 5. The summed E-state index contributed by atoms with van der Waals surface area (Å²) in [5.41, 5.74) is 4.39. The average Bonchev–Trinajstić information content (AvgIpc) is 3.28. The highest BCUT2D eigenvalue weighted by atomic mass is 32.2. The van der Waals surface area contributed by atoms with Gasteiger partial charge in [-0.3, -0.25) is 4.99 Å². The maximum atomic E-state index is 11.7. The number of anilines is 1. The number of carbonyl (C=O) groups is 2. The van der Waals surface area contributed by atoms with Gasteiger partial charge >= 0.3 is 11.9 Å². The molecule has 3 rings (SSSR count). The second kappa shape index (κ2) is 12.6. The first kappa shape index (κ1) is 25.8. The normalized spacial score (nSPS) is 12.7. The summed E-state index contributed by atoms with van der Waals surface area (Å²) in [6.45, 7) is 3.89. The van der Waals surface area contributed by atoms with Crippen molar-refractivity contribution in [2.45, 2.75) is 26.3 Å². The Morgan fingerprint density at radius 2 is 1.52 bits per heavy atom. The van der Waals surface area contributed by atoms with Gasteiger partial charge in [-0.25, -0.2) is 22.7 Å². The average molecular weight is 477 g/mol. The summed E-state index contributed by atoms with van der Waals surface area (Å²) in [7, 11) is -3.17. The molecule has 0 radical (unpaired) electrons. The zero-order valence-electron chi connectivity index (χ0n) is 18.2. The number of carboxylic acid groups (broad SMARTS) is 2. The maximum Gasteiger partial charge on any atom is 0.414 e. The Balaban J connectivity index is 0.000000569. The fraction of sp³-hybridized carbons (Fsp3) is 0.318. The number of hydrogen-bond acceptors (Lipinski definition) is 7. The van der Waals surface area contributed by atoms with Crippen LogP contribution in [-0.2, 0) is 32.6 Å². The van der Waals surface area contributed by atoms with Gasteiger partial charge in [-0.2, -0.15) is 0 Å². The van der Waals surface area contributed by atoms with Crippen molar-refractivity contribution in [2.75, 3.05) is 24.2 Å². The van der Waals surface area contributed by atoms with Crippen LogP contribution in [0.4, 0.5) is 5.69 Å². The number of carboxylic acids is 2. The molecule has 0 fully saturated rings. The van der Waals surface area contributed by atoms with Crippen molar-refractivity contribution in [1.82, 2.24) is 10.0 Å². The summed E-state index contributed by atoms with van der Waals surface area (Å²) in [6.07, 6.45) is 1.45. The summed E-state index contributed by atoms with van der Waals surface area (Å²) >= 11 is 0. The Labute approximate surface area is 192 Å². The van der Waals surface area contributed by atoms with Crippen LogP contribution >= 0.6 is 0 Å². The van der Waals surface area contributed by atoms with E-state index in [9.17, 15) is 8.42 Å². The number of guanidine groups is 1. The lowest BCUT2D eigenvalue weighted by molar-refractivity contribution is -0.159. The molecule has 1 heterocycles. The molecule has 178 valence electrons. The molecule has 11 heteroatoms. The van der Waals surface area contributed by atoms with E-state index in [1.54, 1.807) is 0 Å². The van der Waals surface area contributed by atoms with Crippen molar-refractivity contribution in [1.29, 1.82) is 0 Å². The Morgan fingerprint density at radius 3 is 2.00 bits per heavy atom. The Bertz CT molecular complexity index is 1060. The summed E-state index contributed by atoms with van der Waals surface area (Å²) in [5.74, 6) is -2.66. The van der Waals surface area contributed by atoms with Gasteiger partial charge in [0.15, 0.2) is 5.96 Å². The van der Waals surface area contributed by atoms with Gasteiger partial charge < -0.3 is 20.8 Å². The van der Waals surface area contributed by atoms with Gasteiger partial charge in [-0.15, -0.1) is 0 Å². The standard InChI is InChI=1S/C20H26N4O2S.C2H2O4/c1-2-13-27(25,26)23-15-18-5-3-16(4-6-18)14-17-7-9-19(10-8-17)24-20-21-11-12-22-20;3-1(4)2(5)6/h3-10,23H,2,11-15H2,1H3,(H2,21,22,24);(H,3,4)(H,5,6). The molecule has 1 aliphatic heterocycles. The van der Waals surface area contributed by atoms with Gasteiger partial charge in [0.25, 0.3) is 0 Å². The zero-order chi connectivity index (χ0) is 24.3. The summed E-state index contributed by atoms with van der Waals surface area (Å²) < 4.78 is 26.1. The first-order valence-corrected chi connectivity index (χ1v) is 12.0. The van der Waals surface area contributed by atoms with Crippen molar-refractivity contribution in [3.63, 3.8) is 0 Å². The Hall–Kier alpha value is -3.44. The zero-order valence-corrected chi connectivity index (χ0v) is 19.1. The van der Waals surface area contributed by atoms with E-state index in [1.165, 1.54) is 11.1 Å². The molecule has 0 atom stereocenters. The van der Waals surface area contributed by atoms with E-state index in [-0.39, 0.29) is 5.75 Å². The summed E-state index contributed by atoms with van der Waals surface area (Å²) in [5, 5.41) is 21.2. The van der Waals surface area contributed by atoms with Crippen LogP contribution in [0.1, 0.15) is 30.0 Å². The van der Waals surface area contributed by atoms with Gasteiger partial charge in [-0.1, -0.05) is 43.3 Å². The maximum absolute atomic E-state index is 11.7. The molecular weight excluding hydrogens is 448 g/mol. The number of aliphatic imine (C=N–C) groups is 1. The van der Waals surface area contributed by atoms with E-state index >= 15 is 0 Å². The van der Waals surface area contributed by atoms with Crippen molar-refractivity contribution in [3.05, 3.63) is 65.2 Å². The minimum atomic E-state index is -3.17. The third-order valence-corrected chi connectivity index (χ3v) is 6.00. The molecule has 1 aliphatic rings. The van der Waals surface area contributed by atoms with Gasteiger partial charge in [0.05, 0.1) is 12.3 Å². The predicted molar refractivity (Wildman–Crippen MR) is 126 cm³/mol. The summed E-state index contributed by atoms with van der Waals surface area (Å²) in [4.78, 5) is 22.5. The van der Waals surface area contributed by atoms with Gasteiger partial charge in [-0.05, 0) is 41.7 Å². The third kappa shape index (κ3) is 9.71. The molecule has 0 bridgehead atoms. The SMILES string of the molecule is CCCS(=O)(=O)NCc1ccc(Cc2ccc(NC3=NCCN3)cc2)cc1.O=C(O)C(=O)O. The van der Waals surface area contributed by atoms with Crippen LogP contribution in [0, 0.1) is 0 Å². The minimum absolute atomic E-state index is 0.166. The Kier molecular flexibility index (Phi) is 9.83. The number of benzene rings is 2. The van der Waals surface area contributed by atoms with E-state index < -0.39 is 22.0 Å². The van der Waals surface area contributed by atoms with Crippen LogP contribution in [-0.4, -0.2) is 55.4 Å². The quantitative estimate of drug-likeness (QED) is 0.360. The van der Waals surface area contributed by atoms with Crippen LogP contribution in [0.2, 0.25) is 0 Å². The molecule has 0 unspecified atom stereocenters. The monoisotopic (exact) mass is 476 g/mol. The molecule has 2 aromatic rings. The van der Waals surface area contributed by atoms with Crippen LogP contribution in [0.15, 0.2) is 53.5 Å². The van der Waals surface area contributed by atoms with Gasteiger partial charge in [0, 0.05) is 18.8 Å². The third-order valence-electron chi connectivity index (χ3n) is 4.47. The lowest BCUT2D eigenvalue weighted by atomic mass is 10.0. The number of nitrogens with one attached hydrogen (secondary N) is 3. The topological polar surface area (TPSA) is 157 Å². The highest BCUT2D eigenvalue weighted by Crippen LogP contribution is 2.15. The molecule has 0 saturated carbocycles. The molecular formula is C22H28N4O6S. The van der Waals surface area contributed by atoms with Crippen LogP contribution in [0.25, 0.3) is 0 Å². The molecule has 2 aromatic carbocycles. The number of aliphatic carboxylic acids is 2. The molecule has 33 heavy (non-hydrogen) atoms. The van der Waals surface area contributed by atoms with E-state index in [2.05, 4.69) is 44.6 Å². The van der Waals surface area contributed by atoms with Crippen molar-refractivity contribution in [3.8, 4) is 0 Å². The lowest BCUT2D eigenvalue weighted by Gasteiger charge is -2.09. The highest BCUT2D eigenvalue weighted by Gasteiger charge is 2.08. The van der Waals surface area contributed by atoms with E-state index in [1.807, 2.05) is 31.2 Å². The van der Waals surface area contributed by atoms with Gasteiger partial charge in [0.1, 0.15) is 0 Å². The first-order valence-electron chi connectivity index (χ1n) is 10.3. The lowest BCUT2D eigenvalue weighted by Crippen LogP contribution is -2.26. The summed E-state index contributed by atoms with van der Waals surface area (Å²) in [6, 6.07) is 16.4. The largest absolute Gasteiger partial charge is 0.473 e. The number of rotatable bonds is 8. The molecule has 10 nitrogen and oxygen atoms in total. The van der Waals surface area contributed by atoms with Crippen molar-refractivity contribution < 1.29 is 28.2 Å². The second-order valence-electron chi connectivity index (χ2n) is 7.22. The Morgan fingerprint density at radius 1 is 0.970 bits per heavy atom. The highest BCUT2D eigenvalue weighted by molar-refractivity contribution is 7.89. The molecule has 5 N–H and O–H groups in total. The molecule has 0 spiro atoms. The van der Waals surface area contributed by atoms with Crippen molar-refractivity contribution >= 4 is 33.6 Å². The minimum Gasteiger partial charge on any atom is -0.473 e. The van der Waals surface area contributed by atoms with Crippen molar-refractivity contribution in [2.24, 2.45) is 4.99 Å². The molecule has 0 aliphatic carbocycles. The number of sulfonamides is 1. The van der Waals surface area contributed by atoms with E-state index in [0.717, 1.165) is 36.7 Å². The van der Waals surface area contributed by atoms with Crippen LogP contribution in [0.5, 0.6) is 0 Å². The van der Waals surface area contributed by atoms with Gasteiger partial charge in [0.2, 0.25) is 10.0 Å². The van der Waals surface area contributed by atoms with E-state index in [4.69, 9.17) is 19.8 Å². The van der Waals surface area contributed by atoms with E-state index in [0.29, 0.717) is 13.0 Å².